The quantitative estimate of drug-likeness (QED) is 0.557. The summed E-state index contributed by atoms with van der Waals surface area (Å²) in [4.78, 5) is 10.4. The second-order valence-corrected chi connectivity index (χ2v) is 4.04. The molecule has 0 atom stereocenters. The number of aliphatic carboxylic acids is 1. The highest BCUT2D eigenvalue weighted by molar-refractivity contribution is 6.36. The first-order valence-electron chi connectivity index (χ1n) is 4.59. The van der Waals surface area contributed by atoms with Crippen molar-refractivity contribution in [1.29, 1.82) is 5.41 Å². The van der Waals surface area contributed by atoms with Crippen LogP contribution in [0.2, 0.25) is 10.0 Å². The summed E-state index contributed by atoms with van der Waals surface area (Å²) in [5, 5.41) is 18.5. The molecule has 16 heavy (non-hydrogen) atoms. The summed E-state index contributed by atoms with van der Waals surface area (Å²) in [5.41, 5.74) is 0.491. The Morgan fingerprint density at radius 1 is 1.44 bits per heavy atom. The van der Waals surface area contributed by atoms with Gasteiger partial charge in [-0.15, -0.1) is 0 Å². The van der Waals surface area contributed by atoms with E-state index in [0.717, 1.165) is 5.69 Å². The zero-order valence-corrected chi connectivity index (χ0v) is 9.85. The third-order valence-corrected chi connectivity index (χ3v) is 2.54. The molecular formula is C10H11Cl2N2O2+. The fourth-order valence-corrected chi connectivity index (χ4v) is 1.63. The van der Waals surface area contributed by atoms with Crippen LogP contribution < -0.4 is 5.32 Å². The largest absolute Gasteiger partial charge is 0.477 e. The van der Waals surface area contributed by atoms with Crippen LogP contribution in [0.4, 0.5) is 5.69 Å². The molecule has 0 aliphatic carbocycles. The molecule has 0 aromatic heterocycles. The van der Waals surface area contributed by atoms with Crippen molar-refractivity contribution < 1.29 is 15.2 Å². The normalized spacial score (nSPS) is 10.1. The minimum atomic E-state index is -1.18. The van der Waals surface area contributed by atoms with Gasteiger partial charge in [-0.1, -0.05) is 23.2 Å². The topological polar surface area (TPSA) is 77.8 Å². The molecule has 4 nitrogen and oxygen atoms in total. The molecule has 0 amide bonds. The van der Waals surface area contributed by atoms with Crippen molar-refractivity contribution in [3.05, 3.63) is 28.2 Å². The number of carbonyl (C=O) groups is 1. The van der Waals surface area contributed by atoms with Crippen molar-refractivity contribution in [3.8, 4) is 0 Å². The number of quaternary nitrogens is 1. The van der Waals surface area contributed by atoms with Gasteiger partial charge in [-0.05, 0) is 12.1 Å². The number of benzene rings is 1. The smallest absolute Gasteiger partial charge is 0.349 e. The van der Waals surface area contributed by atoms with Crippen molar-refractivity contribution >= 4 is 40.6 Å². The SMILES string of the molecule is N=C(CC[NH2+]c1ccc(Cl)cc1Cl)C(=O)O. The third kappa shape index (κ3) is 3.81. The molecule has 0 saturated carbocycles. The highest BCUT2D eigenvalue weighted by Crippen LogP contribution is 2.21. The van der Waals surface area contributed by atoms with Crippen LogP contribution >= 0.6 is 23.2 Å². The summed E-state index contributed by atoms with van der Waals surface area (Å²) in [5.74, 6) is -1.18. The summed E-state index contributed by atoms with van der Waals surface area (Å²) in [6.07, 6.45) is 0.189. The Morgan fingerprint density at radius 2 is 2.12 bits per heavy atom. The minimum Gasteiger partial charge on any atom is -0.477 e. The lowest BCUT2D eigenvalue weighted by atomic mass is 10.2. The van der Waals surface area contributed by atoms with Crippen LogP contribution in [0.5, 0.6) is 0 Å². The number of hydrogen-bond acceptors (Lipinski definition) is 2. The van der Waals surface area contributed by atoms with Crippen LogP contribution in [0.15, 0.2) is 18.2 Å². The molecule has 0 radical (unpaired) electrons. The van der Waals surface area contributed by atoms with Gasteiger partial charge in [-0.25, -0.2) is 4.79 Å². The summed E-state index contributed by atoms with van der Waals surface area (Å²) < 4.78 is 0. The van der Waals surface area contributed by atoms with Crippen molar-refractivity contribution in [2.45, 2.75) is 6.42 Å². The lowest BCUT2D eigenvalue weighted by molar-refractivity contribution is -0.569. The zero-order valence-electron chi connectivity index (χ0n) is 8.34. The molecule has 1 aromatic rings. The van der Waals surface area contributed by atoms with Gasteiger partial charge in [0, 0.05) is 17.5 Å². The third-order valence-electron chi connectivity index (χ3n) is 1.98. The van der Waals surface area contributed by atoms with Crippen LogP contribution in [0.1, 0.15) is 6.42 Å². The first kappa shape index (κ1) is 13.0. The van der Waals surface area contributed by atoms with Gasteiger partial charge in [-0.3, -0.25) is 5.41 Å². The predicted octanol–water partition coefficient (Wildman–Crippen LogP) is 1.68. The van der Waals surface area contributed by atoms with Crippen LogP contribution in [0, 0.1) is 5.41 Å². The van der Waals surface area contributed by atoms with E-state index >= 15 is 0 Å². The predicted molar refractivity (Wildman–Crippen MR) is 62.9 cm³/mol. The fraction of sp³-hybridized carbons (Fsp3) is 0.200. The molecule has 4 N–H and O–H groups in total. The molecule has 0 saturated heterocycles. The van der Waals surface area contributed by atoms with E-state index < -0.39 is 5.97 Å². The fourth-order valence-electron chi connectivity index (χ4n) is 1.15. The molecule has 0 fully saturated rings. The Kier molecular flexibility index (Phi) is 4.73. The van der Waals surface area contributed by atoms with E-state index in [9.17, 15) is 4.79 Å². The molecule has 86 valence electrons. The second kappa shape index (κ2) is 5.84. The summed E-state index contributed by atoms with van der Waals surface area (Å²) >= 11 is 11.7. The summed E-state index contributed by atoms with van der Waals surface area (Å²) in [6.45, 7) is 0.465. The van der Waals surface area contributed by atoms with E-state index in [4.69, 9.17) is 33.7 Å². The van der Waals surface area contributed by atoms with Gasteiger partial charge in [0.15, 0.2) is 0 Å². The maximum Gasteiger partial charge on any atom is 0.349 e. The lowest BCUT2D eigenvalue weighted by Gasteiger charge is -2.02. The average Bonchev–Trinajstić information content (AvgIpc) is 2.20. The molecule has 0 unspecified atom stereocenters. The van der Waals surface area contributed by atoms with Crippen molar-refractivity contribution in [1.82, 2.24) is 0 Å². The monoisotopic (exact) mass is 261 g/mol. The van der Waals surface area contributed by atoms with E-state index in [1.54, 1.807) is 23.5 Å². The number of rotatable bonds is 5. The summed E-state index contributed by atoms with van der Waals surface area (Å²) in [6, 6.07) is 5.09. The molecule has 0 heterocycles. The minimum absolute atomic E-state index is 0.189. The van der Waals surface area contributed by atoms with Crippen molar-refractivity contribution in [2.75, 3.05) is 6.54 Å². The second-order valence-electron chi connectivity index (χ2n) is 3.19. The molecule has 1 rings (SSSR count). The van der Waals surface area contributed by atoms with Gasteiger partial charge in [0.1, 0.15) is 16.4 Å². The van der Waals surface area contributed by atoms with Gasteiger partial charge < -0.3 is 10.4 Å². The van der Waals surface area contributed by atoms with E-state index in [-0.39, 0.29) is 12.1 Å². The molecular weight excluding hydrogens is 251 g/mol. The first-order chi connectivity index (χ1) is 7.50. The highest BCUT2D eigenvalue weighted by Gasteiger charge is 2.09. The van der Waals surface area contributed by atoms with Crippen molar-refractivity contribution in [2.24, 2.45) is 0 Å². The number of carboxylic acid groups (broad SMARTS) is 1. The zero-order chi connectivity index (χ0) is 12.1. The number of halogens is 2. The first-order valence-corrected chi connectivity index (χ1v) is 5.35. The van der Waals surface area contributed by atoms with Gasteiger partial charge in [0.05, 0.1) is 6.54 Å². The van der Waals surface area contributed by atoms with E-state index in [0.29, 0.717) is 16.6 Å². The van der Waals surface area contributed by atoms with Crippen LogP contribution in [-0.4, -0.2) is 23.3 Å². The molecule has 1 aromatic carbocycles. The maximum atomic E-state index is 10.4. The van der Waals surface area contributed by atoms with Gasteiger partial charge in [0.2, 0.25) is 0 Å². The molecule has 0 bridgehead atoms. The van der Waals surface area contributed by atoms with Gasteiger partial charge in [-0.2, -0.15) is 0 Å². The molecule has 0 spiro atoms. The Balaban J connectivity index is 2.49. The number of hydrogen-bond donors (Lipinski definition) is 3. The van der Waals surface area contributed by atoms with E-state index in [1.807, 2.05) is 0 Å². The molecule has 0 aliphatic rings. The Hall–Kier alpha value is -1.10. The Bertz CT molecular complexity index is 421. The number of nitrogens with two attached hydrogens (primary N) is 1. The highest BCUT2D eigenvalue weighted by atomic mass is 35.5. The van der Waals surface area contributed by atoms with Gasteiger partial charge >= 0.3 is 5.97 Å². The summed E-state index contributed by atoms with van der Waals surface area (Å²) in [7, 11) is 0. The maximum absolute atomic E-state index is 10.4. The molecule has 6 heteroatoms. The van der Waals surface area contributed by atoms with Crippen LogP contribution in [0.25, 0.3) is 0 Å². The van der Waals surface area contributed by atoms with Gasteiger partial charge in [0.25, 0.3) is 0 Å². The standard InChI is InChI=1S/C10H10Cl2N2O2/c11-6-1-2-9(7(12)5-6)14-4-3-8(13)10(15)16/h1-2,5,13-14H,3-4H2,(H,15,16)/p+1. The van der Waals surface area contributed by atoms with Crippen LogP contribution in [0.3, 0.4) is 0 Å². The average molecular weight is 262 g/mol. The number of carboxylic acids is 1. The number of nitrogens with one attached hydrogen (secondary N) is 1. The van der Waals surface area contributed by atoms with E-state index in [1.165, 1.54) is 0 Å². The van der Waals surface area contributed by atoms with E-state index in [2.05, 4.69) is 0 Å². The van der Waals surface area contributed by atoms with Crippen LogP contribution in [-0.2, 0) is 4.79 Å². The molecule has 0 aliphatic heterocycles. The lowest BCUT2D eigenvalue weighted by Crippen LogP contribution is -2.78. The van der Waals surface area contributed by atoms with Crippen molar-refractivity contribution in [3.63, 3.8) is 0 Å². The Labute approximate surface area is 103 Å². The Morgan fingerprint density at radius 3 is 2.69 bits per heavy atom.